The molecule has 0 radical (unpaired) electrons. The van der Waals surface area contributed by atoms with E-state index in [-0.39, 0.29) is 1.43 Å². The van der Waals surface area contributed by atoms with Gasteiger partial charge < -0.3 is 4.98 Å². The molecular formula is C23H23N. The van der Waals surface area contributed by atoms with Crippen molar-refractivity contribution in [2.75, 3.05) is 0 Å². The number of fused-ring (bicyclic) bond motifs is 3. The van der Waals surface area contributed by atoms with Crippen LogP contribution in [0.15, 0.2) is 79.9 Å². The van der Waals surface area contributed by atoms with Crippen molar-refractivity contribution in [3.8, 4) is 0 Å². The third-order valence-corrected chi connectivity index (χ3v) is 4.10. The standard InChI is InChI=1S/C13H11N.C10H10.H2/c1-9-6-7-13-11(8-9)10-4-2-3-5-12(10)14-13;1-3-9-7-5-6-8-10(9)4-2;/h2-8,14H,1H3;3-8H,1-2H2;1H. The van der Waals surface area contributed by atoms with E-state index < -0.39 is 0 Å². The molecule has 0 atom stereocenters. The lowest BCUT2D eigenvalue weighted by Crippen LogP contribution is -1.76. The number of para-hydroxylation sites is 1. The zero-order chi connectivity index (χ0) is 16.9. The summed E-state index contributed by atoms with van der Waals surface area (Å²) in [5, 5.41) is 2.63. The van der Waals surface area contributed by atoms with Crippen LogP contribution >= 0.6 is 0 Å². The Kier molecular flexibility index (Phi) is 4.62. The van der Waals surface area contributed by atoms with Gasteiger partial charge in [0, 0.05) is 23.2 Å². The maximum atomic E-state index is 3.69. The Bertz CT molecular complexity index is 984. The molecule has 0 bridgehead atoms. The van der Waals surface area contributed by atoms with Crippen LogP contribution in [-0.4, -0.2) is 4.98 Å². The highest BCUT2D eigenvalue weighted by molar-refractivity contribution is 6.07. The number of aromatic amines is 1. The van der Waals surface area contributed by atoms with Crippen molar-refractivity contribution < 1.29 is 1.43 Å². The van der Waals surface area contributed by atoms with Crippen LogP contribution in [0.25, 0.3) is 34.0 Å². The highest BCUT2D eigenvalue weighted by Crippen LogP contribution is 2.25. The molecule has 0 saturated heterocycles. The first kappa shape index (κ1) is 15.8. The molecule has 4 rings (SSSR count). The Balaban J connectivity index is 0.000000184. The third-order valence-electron chi connectivity index (χ3n) is 4.10. The number of aryl methyl sites for hydroxylation is 1. The molecule has 0 aliphatic heterocycles. The molecule has 0 saturated carbocycles. The normalized spacial score (nSPS) is 10.2. The number of rotatable bonds is 2. The number of hydrogen-bond acceptors (Lipinski definition) is 0. The molecule has 120 valence electrons. The topological polar surface area (TPSA) is 15.8 Å². The molecule has 0 spiro atoms. The molecule has 0 unspecified atom stereocenters. The molecule has 1 heterocycles. The van der Waals surface area contributed by atoms with Crippen LogP contribution in [0.4, 0.5) is 0 Å². The van der Waals surface area contributed by atoms with Gasteiger partial charge in [-0.25, -0.2) is 0 Å². The molecule has 1 heteroatoms. The van der Waals surface area contributed by atoms with Crippen molar-refractivity contribution in [2.45, 2.75) is 6.92 Å². The zero-order valence-electron chi connectivity index (χ0n) is 13.9. The van der Waals surface area contributed by atoms with E-state index in [9.17, 15) is 0 Å². The van der Waals surface area contributed by atoms with Crippen LogP contribution in [0.2, 0.25) is 0 Å². The van der Waals surface area contributed by atoms with E-state index in [4.69, 9.17) is 0 Å². The summed E-state index contributed by atoms with van der Waals surface area (Å²) in [7, 11) is 0. The van der Waals surface area contributed by atoms with Crippen LogP contribution < -0.4 is 0 Å². The molecular weight excluding hydrogens is 290 g/mol. The van der Waals surface area contributed by atoms with Gasteiger partial charge in [-0.3, -0.25) is 0 Å². The Morgan fingerprint density at radius 1 is 0.750 bits per heavy atom. The monoisotopic (exact) mass is 313 g/mol. The summed E-state index contributed by atoms with van der Waals surface area (Å²) >= 11 is 0. The lowest BCUT2D eigenvalue weighted by molar-refractivity contribution is 1.49. The van der Waals surface area contributed by atoms with Gasteiger partial charge in [0.1, 0.15) is 0 Å². The highest BCUT2D eigenvalue weighted by atomic mass is 14.7. The van der Waals surface area contributed by atoms with Crippen molar-refractivity contribution in [1.29, 1.82) is 0 Å². The van der Waals surface area contributed by atoms with Crippen LogP contribution in [-0.2, 0) is 0 Å². The van der Waals surface area contributed by atoms with E-state index in [1.807, 2.05) is 36.4 Å². The summed E-state index contributed by atoms with van der Waals surface area (Å²) in [5.41, 5.74) is 6.02. The summed E-state index contributed by atoms with van der Waals surface area (Å²) in [6.07, 6.45) is 3.66. The Labute approximate surface area is 144 Å². The van der Waals surface area contributed by atoms with Crippen molar-refractivity contribution in [3.63, 3.8) is 0 Å². The first-order valence-electron chi connectivity index (χ1n) is 8.04. The molecule has 0 aliphatic rings. The largest absolute Gasteiger partial charge is 0.355 e. The van der Waals surface area contributed by atoms with Gasteiger partial charge in [0.2, 0.25) is 0 Å². The van der Waals surface area contributed by atoms with E-state index in [1.165, 1.54) is 27.4 Å². The van der Waals surface area contributed by atoms with Gasteiger partial charge in [0.15, 0.2) is 0 Å². The van der Waals surface area contributed by atoms with Gasteiger partial charge in [-0.15, -0.1) is 0 Å². The lowest BCUT2D eigenvalue weighted by Gasteiger charge is -1.96. The van der Waals surface area contributed by atoms with E-state index in [1.54, 1.807) is 0 Å². The Morgan fingerprint density at radius 3 is 2.00 bits per heavy atom. The minimum Gasteiger partial charge on any atom is -0.355 e. The second-order valence-electron chi connectivity index (χ2n) is 5.76. The molecule has 1 N–H and O–H groups in total. The van der Waals surface area contributed by atoms with Crippen molar-refractivity contribution >= 4 is 34.0 Å². The van der Waals surface area contributed by atoms with Gasteiger partial charge in [0.25, 0.3) is 0 Å². The number of hydrogen-bond donors (Lipinski definition) is 1. The van der Waals surface area contributed by atoms with Gasteiger partial charge >= 0.3 is 0 Å². The number of nitrogens with one attached hydrogen (secondary N) is 1. The second kappa shape index (κ2) is 7.01. The van der Waals surface area contributed by atoms with Crippen molar-refractivity contribution in [2.24, 2.45) is 0 Å². The SMILES string of the molecule is C=Cc1ccccc1C=C.Cc1ccc2[nH]c3ccccc3c2c1.[HH]. The quantitative estimate of drug-likeness (QED) is 0.416. The van der Waals surface area contributed by atoms with E-state index >= 15 is 0 Å². The van der Waals surface area contributed by atoms with Crippen molar-refractivity contribution in [3.05, 3.63) is 96.6 Å². The molecule has 1 aromatic heterocycles. The van der Waals surface area contributed by atoms with Crippen LogP contribution in [0.5, 0.6) is 0 Å². The van der Waals surface area contributed by atoms with E-state index in [2.05, 4.69) is 67.5 Å². The van der Waals surface area contributed by atoms with Crippen LogP contribution in [0.1, 0.15) is 18.1 Å². The summed E-state index contributed by atoms with van der Waals surface area (Å²) in [6.45, 7) is 9.51. The average molecular weight is 313 g/mol. The van der Waals surface area contributed by atoms with E-state index in [0.717, 1.165) is 11.1 Å². The predicted molar refractivity (Wildman–Crippen MR) is 109 cm³/mol. The van der Waals surface area contributed by atoms with Crippen LogP contribution in [0.3, 0.4) is 0 Å². The fourth-order valence-electron chi connectivity index (χ4n) is 2.84. The molecule has 1 nitrogen and oxygen atoms in total. The maximum absolute atomic E-state index is 3.69. The average Bonchev–Trinajstić information content (AvgIpc) is 3.00. The maximum Gasteiger partial charge on any atom is 0.0465 e. The predicted octanol–water partition coefficient (Wildman–Crippen LogP) is 6.85. The molecule has 0 amide bonds. The molecule has 24 heavy (non-hydrogen) atoms. The van der Waals surface area contributed by atoms with Crippen LogP contribution in [0, 0.1) is 6.92 Å². The first-order valence-corrected chi connectivity index (χ1v) is 8.04. The third kappa shape index (κ3) is 3.16. The van der Waals surface area contributed by atoms with Gasteiger partial charge in [-0.05, 0) is 36.2 Å². The Hall–Kier alpha value is -3.06. The molecule has 3 aromatic carbocycles. The van der Waals surface area contributed by atoms with Crippen molar-refractivity contribution in [1.82, 2.24) is 4.98 Å². The first-order chi connectivity index (χ1) is 11.7. The second-order valence-corrected chi connectivity index (χ2v) is 5.76. The summed E-state index contributed by atoms with van der Waals surface area (Å²) in [6, 6.07) is 22.9. The molecule has 4 aromatic rings. The highest BCUT2D eigenvalue weighted by Gasteiger charge is 2.02. The fraction of sp³-hybridized carbons (Fsp3) is 0.0435. The lowest BCUT2D eigenvalue weighted by atomic mass is 10.1. The number of H-pyrrole nitrogens is 1. The summed E-state index contributed by atoms with van der Waals surface area (Å²) in [4.78, 5) is 3.41. The smallest absolute Gasteiger partial charge is 0.0465 e. The number of benzene rings is 3. The zero-order valence-corrected chi connectivity index (χ0v) is 13.9. The minimum atomic E-state index is 0. The van der Waals surface area contributed by atoms with Gasteiger partial charge in [-0.1, -0.05) is 79.4 Å². The van der Waals surface area contributed by atoms with E-state index in [0.29, 0.717) is 0 Å². The molecule has 0 aliphatic carbocycles. The summed E-state index contributed by atoms with van der Waals surface area (Å²) < 4.78 is 0. The Morgan fingerprint density at radius 2 is 1.33 bits per heavy atom. The summed E-state index contributed by atoms with van der Waals surface area (Å²) in [5.74, 6) is 0. The van der Waals surface area contributed by atoms with Gasteiger partial charge in [0.05, 0.1) is 0 Å². The van der Waals surface area contributed by atoms with Gasteiger partial charge in [-0.2, -0.15) is 0 Å². The fourth-order valence-corrected chi connectivity index (χ4v) is 2.84. The number of aromatic nitrogens is 1. The molecule has 0 fully saturated rings. The minimum absolute atomic E-state index is 0.